The van der Waals surface area contributed by atoms with Crippen LogP contribution in [0.3, 0.4) is 0 Å². The zero-order valence-corrected chi connectivity index (χ0v) is 24.9. The van der Waals surface area contributed by atoms with E-state index in [1.165, 1.54) is 12.1 Å². The molecule has 0 aliphatic carbocycles. The third-order valence-corrected chi connectivity index (χ3v) is 13.8. The van der Waals surface area contributed by atoms with Crippen molar-refractivity contribution in [2.75, 3.05) is 0 Å². The van der Waals surface area contributed by atoms with Gasteiger partial charge in [-0.3, -0.25) is 4.79 Å². The molecule has 1 atom stereocenters. The van der Waals surface area contributed by atoms with Crippen LogP contribution < -0.4 is 15.9 Å². The number of Topliss-reactive ketones (excluding diaryl/α,β-unsaturated/α-hetero) is 1. The highest BCUT2D eigenvalue weighted by Crippen LogP contribution is 2.47. The molecule has 5 aromatic carbocycles. The number of sulfone groups is 1. The second kappa shape index (κ2) is 12.6. The molecule has 4 nitrogen and oxygen atoms in total. The van der Waals surface area contributed by atoms with Gasteiger partial charge in [0.1, 0.15) is 16.6 Å². The Morgan fingerprint density at radius 1 is 0.667 bits per heavy atom. The second-order valence-corrected chi connectivity index (χ2v) is 15.4. The number of hydrogen-bond acceptors (Lipinski definition) is 4. The molecule has 1 unspecified atom stereocenters. The van der Waals surface area contributed by atoms with Crippen LogP contribution in [-0.4, -0.2) is 24.7 Å². The normalized spacial score (nSPS) is 12.2. The molecule has 5 aromatic rings. The number of benzene rings is 5. The van der Waals surface area contributed by atoms with Gasteiger partial charge in [-0.15, -0.1) is 0 Å². The van der Waals surface area contributed by atoms with E-state index >= 15 is 0 Å². The van der Waals surface area contributed by atoms with Crippen molar-refractivity contribution >= 4 is 43.7 Å². The van der Waals surface area contributed by atoms with Crippen LogP contribution in [0.5, 0.6) is 0 Å². The minimum atomic E-state index is -4.18. The minimum Gasteiger partial charge on any atom is -0.292 e. The summed E-state index contributed by atoms with van der Waals surface area (Å²) in [5.41, 5.74) is 1.63. The Morgan fingerprint density at radius 3 is 1.50 bits per heavy atom. The molecule has 0 bridgehead atoms. The average Bonchev–Trinajstić information content (AvgIpc) is 3.04. The number of aryl methyl sites for hydroxylation is 1. The molecule has 6 heteroatoms. The smallest absolute Gasteiger partial charge is 0.193 e. The fourth-order valence-corrected chi connectivity index (χ4v) is 11.3. The lowest BCUT2D eigenvalue weighted by Crippen LogP contribution is -2.41. The average molecular weight is 588 g/mol. The molecule has 0 radical (unpaired) electrons. The SMILES string of the molecule is Cc1ccccc1CC(C(=O)C(C#N)=P(c1ccccc1)(c1ccccc1)c1ccccc1)S(=O)(=O)c1ccccc1. The first-order valence-electron chi connectivity index (χ1n) is 13.6. The van der Waals surface area contributed by atoms with Gasteiger partial charge in [-0.05, 0) is 59.4 Å². The molecule has 208 valence electrons. The van der Waals surface area contributed by atoms with Crippen molar-refractivity contribution in [2.24, 2.45) is 0 Å². The molecule has 0 aliphatic rings. The zero-order valence-electron chi connectivity index (χ0n) is 23.2. The van der Waals surface area contributed by atoms with Crippen LogP contribution in [0.1, 0.15) is 11.1 Å². The van der Waals surface area contributed by atoms with Gasteiger partial charge < -0.3 is 0 Å². The van der Waals surface area contributed by atoms with Gasteiger partial charge in [-0.1, -0.05) is 133 Å². The molecule has 5 rings (SSSR count). The molecule has 0 aromatic heterocycles. The van der Waals surface area contributed by atoms with Gasteiger partial charge in [-0.25, -0.2) is 8.42 Å². The zero-order chi connectivity index (χ0) is 29.6. The Morgan fingerprint density at radius 2 is 1.07 bits per heavy atom. The number of nitrogens with zero attached hydrogens (tertiary/aromatic N) is 1. The molecule has 0 fully saturated rings. The van der Waals surface area contributed by atoms with Crippen LogP contribution in [0.15, 0.2) is 150 Å². The number of nitriles is 1. The van der Waals surface area contributed by atoms with E-state index in [4.69, 9.17) is 0 Å². The van der Waals surface area contributed by atoms with Gasteiger partial charge >= 0.3 is 0 Å². The molecular formula is C36H30NO3PS. The van der Waals surface area contributed by atoms with Gasteiger partial charge in [0.2, 0.25) is 0 Å². The Hall–Kier alpha value is -4.49. The number of ketones is 1. The maximum atomic E-state index is 15.0. The predicted octanol–water partition coefficient (Wildman–Crippen LogP) is 5.64. The van der Waals surface area contributed by atoms with Crippen LogP contribution >= 0.6 is 6.89 Å². The van der Waals surface area contributed by atoms with E-state index in [1.54, 1.807) is 18.2 Å². The van der Waals surface area contributed by atoms with Crippen molar-refractivity contribution in [1.29, 1.82) is 5.26 Å². The third kappa shape index (κ3) is 5.40. The highest BCUT2D eigenvalue weighted by atomic mass is 32.2. The molecular weight excluding hydrogens is 557 g/mol. The van der Waals surface area contributed by atoms with Crippen LogP contribution in [-0.2, 0) is 21.1 Å². The fourth-order valence-electron chi connectivity index (χ4n) is 5.39. The van der Waals surface area contributed by atoms with Crippen molar-refractivity contribution in [1.82, 2.24) is 0 Å². The molecule has 42 heavy (non-hydrogen) atoms. The molecule has 0 saturated heterocycles. The maximum absolute atomic E-state index is 15.0. The lowest BCUT2D eigenvalue weighted by atomic mass is 10.0. The molecule has 0 spiro atoms. The molecule has 0 heterocycles. The second-order valence-electron chi connectivity index (χ2n) is 9.98. The van der Waals surface area contributed by atoms with E-state index in [-0.39, 0.29) is 16.6 Å². The van der Waals surface area contributed by atoms with E-state index in [2.05, 4.69) is 6.07 Å². The fraction of sp³-hybridized carbons (Fsp3) is 0.0833. The van der Waals surface area contributed by atoms with Gasteiger partial charge in [0.15, 0.2) is 15.6 Å². The summed E-state index contributed by atoms with van der Waals surface area (Å²) in [6.07, 6.45) is -0.0493. The Bertz CT molecular complexity index is 1800. The van der Waals surface area contributed by atoms with Gasteiger partial charge in [0.25, 0.3) is 0 Å². The lowest BCUT2D eigenvalue weighted by molar-refractivity contribution is -0.112. The standard InChI is InChI=1S/C36H30NO3PS/c1-28-16-14-15-17-29(28)26-35(42(39,40)33-24-12-5-13-25-33)36(38)34(27-37)41(30-18-6-2-7-19-30,31-20-8-3-9-21-31)32-22-10-4-11-23-32/h2-25,35H,26H2,1H3. The minimum absolute atomic E-state index is 0.0378. The highest BCUT2D eigenvalue weighted by Gasteiger charge is 2.41. The summed E-state index contributed by atoms with van der Waals surface area (Å²) in [6, 6.07) is 46.4. The van der Waals surface area contributed by atoms with E-state index in [0.717, 1.165) is 27.0 Å². The first kappa shape index (κ1) is 29.0. The Balaban J connectivity index is 1.89. The number of carbonyl (C=O) groups is 1. The molecule has 0 saturated carbocycles. The summed E-state index contributed by atoms with van der Waals surface area (Å²) in [7, 11) is -4.18. The van der Waals surface area contributed by atoms with Crippen LogP contribution in [0.25, 0.3) is 0 Å². The van der Waals surface area contributed by atoms with Crippen molar-refractivity contribution < 1.29 is 13.2 Å². The van der Waals surface area contributed by atoms with Gasteiger partial charge in [-0.2, -0.15) is 5.26 Å². The van der Waals surface area contributed by atoms with Crippen molar-refractivity contribution in [3.05, 3.63) is 157 Å². The first-order chi connectivity index (χ1) is 20.4. The first-order valence-corrected chi connectivity index (χ1v) is 17.0. The topological polar surface area (TPSA) is 75.0 Å². The van der Waals surface area contributed by atoms with Gasteiger partial charge in [0.05, 0.1) is 4.90 Å². The number of hydrogen-bond donors (Lipinski definition) is 0. The van der Waals surface area contributed by atoms with E-state index in [0.29, 0.717) is 0 Å². The van der Waals surface area contributed by atoms with Crippen molar-refractivity contribution in [2.45, 2.75) is 23.5 Å². The van der Waals surface area contributed by atoms with Crippen LogP contribution in [0.2, 0.25) is 0 Å². The lowest BCUT2D eigenvalue weighted by Gasteiger charge is -2.31. The van der Waals surface area contributed by atoms with Crippen LogP contribution in [0, 0.1) is 18.3 Å². The summed E-state index contributed by atoms with van der Waals surface area (Å²) in [6.45, 7) is -1.21. The summed E-state index contributed by atoms with van der Waals surface area (Å²) < 4.78 is 28.6. The van der Waals surface area contributed by atoms with Crippen molar-refractivity contribution in [3.8, 4) is 6.07 Å². The maximum Gasteiger partial charge on any atom is 0.193 e. The van der Waals surface area contributed by atoms with E-state index < -0.39 is 27.8 Å². The summed E-state index contributed by atoms with van der Waals surface area (Å²) in [4.78, 5) is 15.0. The van der Waals surface area contributed by atoms with Crippen LogP contribution in [0.4, 0.5) is 0 Å². The molecule has 0 N–H and O–H groups in total. The van der Waals surface area contributed by atoms with Crippen molar-refractivity contribution in [3.63, 3.8) is 0 Å². The number of carbonyl (C=O) groups excluding carboxylic acids is 1. The summed E-state index contributed by atoms with van der Waals surface area (Å²) in [5, 5.41) is 11.8. The summed E-state index contributed by atoms with van der Waals surface area (Å²) in [5.74, 6) is -0.672. The Labute approximate surface area is 247 Å². The predicted molar refractivity (Wildman–Crippen MR) is 173 cm³/mol. The molecule has 0 aliphatic heterocycles. The molecule has 0 amide bonds. The van der Waals surface area contributed by atoms with E-state index in [9.17, 15) is 18.5 Å². The van der Waals surface area contributed by atoms with E-state index in [1.807, 2.05) is 122 Å². The highest BCUT2D eigenvalue weighted by molar-refractivity contribution is 7.97. The Kier molecular flexibility index (Phi) is 8.69. The quantitative estimate of drug-likeness (QED) is 0.209. The summed E-state index contributed by atoms with van der Waals surface area (Å²) >= 11 is 0. The largest absolute Gasteiger partial charge is 0.292 e. The monoisotopic (exact) mass is 587 g/mol. The van der Waals surface area contributed by atoms with Gasteiger partial charge in [0, 0.05) is 0 Å². The third-order valence-electron chi connectivity index (χ3n) is 7.51. The number of rotatable bonds is 9.